The first-order chi connectivity index (χ1) is 18.9. The molecule has 0 bridgehead atoms. The van der Waals surface area contributed by atoms with Crippen molar-refractivity contribution in [2.24, 2.45) is 23.7 Å². The van der Waals surface area contributed by atoms with Gasteiger partial charge in [-0.3, -0.25) is 19.2 Å². The second-order valence-corrected chi connectivity index (χ2v) is 11.0. The van der Waals surface area contributed by atoms with Gasteiger partial charge in [-0.25, -0.2) is 0 Å². The van der Waals surface area contributed by atoms with Gasteiger partial charge in [0.05, 0.1) is 43.5 Å². The molecule has 1 rings (SSSR count). The second kappa shape index (κ2) is 21.7. The van der Waals surface area contributed by atoms with Crippen LogP contribution in [0.4, 0.5) is 0 Å². The third-order valence-corrected chi connectivity index (χ3v) is 7.69. The molecular formula is C31H54O8. The van der Waals surface area contributed by atoms with Gasteiger partial charge in [-0.15, -0.1) is 0 Å². The molecule has 8 nitrogen and oxygen atoms in total. The van der Waals surface area contributed by atoms with Gasteiger partial charge in [0.2, 0.25) is 0 Å². The van der Waals surface area contributed by atoms with Crippen LogP contribution in [0.25, 0.3) is 0 Å². The lowest BCUT2D eigenvalue weighted by atomic mass is 9.68. The number of carboxylic acid groups (broad SMARTS) is 1. The first-order valence-corrected chi connectivity index (χ1v) is 15.6. The van der Waals surface area contributed by atoms with Crippen molar-refractivity contribution in [3.63, 3.8) is 0 Å². The van der Waals surface area contributed by atoms with Crippen molar-refractivity contribution in [3.05, 3.63) is 0 Å². The van der Waals surface area contributed by atoms with Crippen LogP contribution in [0, 0.1) is 23.7 Å². The number of carbonyl (C=O) groups is 4. The quantitative estimate of drug-likeness (QED) is 0.0875. The number of unbranched alkanes of at least 4 members (excludes halogenated alkanes) is 12. The number of carboxylic acids is 1. The summed E-state index contributed by atoms with van der Waals surface area (Å²) >= 11 is 0. The molecule has 0 saturated heterocycles. The van der Waals surface area contributed by atoms with Gasteiger partial charge < -0.3 is 19.3 Å². The molecule has 1 saturated carbocycles. The van der Waals surface area contributed by atoms with Gasteiger partial charge in [0.15, 0.2) is 0 Å². The van der Waals surface area contributed by atoms with Crippen LogP contribution in [0.3, 0.4) is 0 Å². The molecule has 8 heteroatoms. The van der Waals surface area contributed by atoms with Crippen molar-refractivity contribution in [1.29, 1.82) is 0 Å². The Balaban J connectivity index is 2.85. The lowest BCUT2D eigenvalue weighted by Crippen LogP contribution is -2.46. The maximum Gasteiger partial charge on any atom is 0.309 e. The normalized spacial score (nSPS) is 20.8. The SMILES string of the molecule is CCCCCCCOC(=O)C1CC(C(=O)OCCCCCCC)C(C(=O)OCCCCCCC)CC1C(=O)O. The average molecular weight is 555 g/mol. The molecule has 1 aliphatic rings. The molecule has 0 aliphatic heterocycles. The van der Waals surface area contributed by atoms with Crippen molar-refractivity contribution in [2.75, 3.05) is 19.8 Å². The summed E-state index contributed by atoms with van der Waals surface area (Å²) in [4.78, 5) is 51.3. The number of esters is 3. The van der Waals surface area contributed by atoms with E-state index in [4.69, 9.17) is 14.2 Å². The molecule has 0 heterocycles. The highest BCUT2D eigenvalue weighted by molar-refractivity contribution is 5.87. The Morgan fingerprint density at radius 2 is 0.769 bits per heavy atom. The van der Waals surface area contributed by atoms with Crippen LogP contribution < -0.4 is 0 Å². The Kier molecular flexibility index (Phi) is 19.4. The van der Waals surface area contributed by atoms with Gasteiger partial charge in [0, 0.05) is 0 Å². The molecule has 1 fully saturated rings. The van der Waals surface area contributed by atoms with Gasteiger partial charge in [-0.05, 0) is 32.1 Å². The van der Waals surface area contributed by atoms with Gasteiger partial charge in [0.1, 0.15) is 0 Å². The predicted molar refractivity (Wildman–Crippen MR) is 150 cm³/mol. The zero-order valence-electron chi connectivity index (χ0n) is 24.8. The zero-order valence-corrected chi connectivity index (χ0v) is 24.8. The maximum atomic E-state index is 13.1. The third-order valence-electron chi connectivity index (χ3n) is 7.69. The van der Waals surface area contributed by atoms with E-state index in [-0.39, 0.29) is 32.7 Å². The van der Waals surface area contributed by atoms with Crippen LogP contribution in [0.1, 0.15) is 130 Å². The number of aliphatic carboxylic acids is 1. The molecule has 4 unspecified atom stereocenters. The summed E-state index contributed by atoms with van der Waals surface area (Å²) in [5, 5.41) is 9.92. The van der Waals surface area contributed by atoms with Crippen LogP contribution in [0.5, 0.6) is 0 Å². The van der Waals surface area contributed by atoms with E-state index < -0.39 is 47.5 Å². The van der Waals surface area contributed by atoms with Gasteiger partial charge in [-0.2, -0.15) is 0 Å². The Hall–Kier alpha value is -2.12. The first kappa shape index (κ1) is 34.9. The fourth-order valence-corrected chi connectivity index (χ4v) is 5.21. The van der Waals surface area contributed by atoms with E-state index in [2.05, 4.69) is 20.8 Å². The fraction of sp³-hybridized carbons (Fsp3) is 0.871. The number of rotatable bonds is 22. The molecule has 0 amide bonds. The molecule has 1 N–H and O–H groups in total. The van der Waals surface area contributed by atoms with Gasteiger partial charge >= 0.3 is 23.9 Å². The summed E-state index contributed by atoms with van der Waals surface area (Å²) in [6.07, 6.45) is 14.7. The van der Waals surface area contributed by atoms with Crippen molar-refractivity contribution in [1.82, 2.24) is 0 Å². The predicted octanol–water partition coefficient (Wildman–Crippen LogP) is 6.87. The van der Waals surface area contributed by atoms with Gasteiger partial charge in [-0.1, -0.05) is 97.8 Å². The number of ether oxygens (including phenoxy) is 3. The summed E-state index contributed by atoms with van der Waals surface area (Å²) in [5.74, 6) is -6.91. The maximum absolute atomic E-state index is 13.1. The minimum atomic E-state index is -1.17. The minimum Gasteiger partial charge on any atom is -0.481 e. The molecule has 4 atom stereocenters. The molecule has 226 valence electrons. The Bertz CT molecular complexity index is 707. The first-order valence-electron chi connectivity index (χ1n) is 15.6. The Labute approximate surface area is 235 Å². The lowest BCUT2D eigenvalue weighted by Gasteiger charge is -2.36. The van der Waals surface area contributed by atoms with E-state index in [9.17, 15) is 24.3 Å². The highest BCUT2D eigenvalue weighted by atomic mass is 16.5. The van der Waals surface area contributed by atoms with Crippen LogP contribution in [-0.2, 0) is 33.4 Å². The highest BCUT2D eigenvalue weighted by Gasteiger charge is 2.50. The molecule has 1 aliphatic carbocycles. The van der Waals surface area contributed by atoms with Crippen molar-refractivity contribution >= 4 is 23.9 Å². The van der Waals surface area contributed by atoms with Crippen LogP contribution in [0.2, 0.25) is 0 Å². The minimum absolute atomic E-state index is 0.0867. The molecule has 0 aromatic carbocycles. The van der Waals surface area contributed by atoms with E-state index in [0.29, 0.717) is 6.42 Å². The molecule has 39 heavy (non-hydrogen) atoms. The Morgan fingerprint density at radius 1 is 0.487 bits per heavy atom. The topological polar surface area (TPSA) is 116 Å². The van der Waals surface area contributed by atoms with Crippen molar-refractivity contribution in [2.45, 2.75) is 130 Å². The van der Waals surface area contributed by atoms with E-state index in [1.165, 1.54) is 0 Å². The second-order valence-electron chi connectivity index (χ2n) is 11.0. The largest absolute Gasteiger partial charge is 0.481 e. The molecule has 0 radical (unpaired) electrons. The standard InChI is InChI=1S/C31H54O8/c1-4-7-10-13-16-19-37-29(34)25-23-27(31(36)39-21-18-15-12-9-6-3)26(22-24(25)28(32)33)30(35)38-20-17-14-11-8-5-2/h24-27H,4-23H2,1-3H3,(H,32,33). The molecule has 0 aromatic rings. The monoisotopic (exact) mass is 554 g/mol. The summed E-state index contributed by atoms with van der Waals surface area (Å²) < 4.78 is 16.5. The van der Waals surface area contributed by atoms with Crippen molar-refractivity contribution in [3.8, 4) is 0 Å². The summed E-state index contributed by atoms with van der Waals surface area (Å²) in [7, 11) is 0. The molecular weight excluding hydrogens is 500 g/mol. The zero-order chi connectivity index (χ0) is 28.9. The van der Waals surface area contributed by atoms with Crippen LogP contribution in [0.15, 0.2) is 0 Å². The summed E-state index contributed by atoms with van der Waals surface area (Å²) in [6.45, 7) is 7.09. The van der Waals surface area contributed by atoms with E-state index >= 15 is 0 Å². The third kappa shape index (κ3) is 14.2. The molecule has 0 spiro atoms. The van der Waals surface area contributed by atoms with E-state index in [1.54, 1.807) is 0 Å². The number of carbonyl (C=O) groups excluding carboxylic acids is 3. The average Bonchev–Trinajstić information content (AvgIpc) is 2.93. The van der Waals surface area contributed by atoms with Crippen LogP contribution in [-0.4, -0.2) is 48.8 Å². The van der Waals surface area contributed by atoms with E-state index in [0.717, 1.165) is 89.9 Å². The molecule has 0 aromatic heterocycles. The van der Waals surface area contributed by atoms with Crippen LogP contribution >= 0.6 is 0 Å². The lowest BCUT2D eigenvalue weighted by molar-refractivity contribution is -0.174. The summed E-state index contributed by atoms with van der Waals surface area (Å²) in [5.41, 5.74) is 0. The fourth-order valence-electron chi connectivity index (χ4n) is 5.21. The number of hydrogen-bond donors (Lipinski definition) is 1. The smallest absolute Gasteiger partial charge is 0.309 e. The number of hydrogen-bond acceptors (Lipinski definition) is 7. The van der Waals surface area contributed by atoms with Gasteiger partial charge in [0.25, 0.3) is 0 Å². The summed E-state index contributed by atoms with van der Waals surface area (Å²) in [6, 6.07) is 0. The Morgan fingerprint density at radius 3 is 1.08 bits per heavy atom. The van der Waals surface area contributed by atoms with Crippen molar-refractivity contribution < 1.29 is 38.5 Å². The van der Waals surface area contributed by atoms with E-state index in [1.807, 2.05) is 0 Å². The highest BCUT2D eigenvalue weighted by Crippen LogP contribution is 2.40.